The minimum absolute atomic E-state index is 0.139. The van der Waals surface area contributed by atoms with Crippen LogP contribution >= 0.6 is 0 Å². The molecule has 1 aromatic carbocycles. The van der Waals surface area contributed by atoms with Gasteiger partial charge in [-0.05, 0) is 44.5 Å². The van der Waals surface area contributed by atoms with Gasteiger partial charge in [-0.25, -0.2) is 9.37 Å². The number of carbonyl (C=O) groups excluding carboxylic acids is 2. The molecular weight excluding hydrogens is 313 g/mol. The van der Waals surface area contributed by atoms with E-state index in [4.69, 9.17) is 4.42 Å². The molecule has 0 unspecified atom stereocenters. The molecule has 0 aliphatic heterocycles. The van der Waals surface area contributed by atoms with Gasteiger partial charge in [-0.3, -0.25) is 9.59 Å². The molecule has 2 amide bonds. The number of nitrogens with one attached hydrogen (secondary N) is 2. The normalized spacial score (nSPS) is 10.5. The largest absolute Gasteiger partial charge is 0.444 e. The Hall–Kier alpha value is -2.70. The maximum absolute atomic E-state index is 12.8. The van der Waals surface area contributed by atoms with E-state index in [-0.39, 0.29) is 30.6 Å². The second kappa shape index (κ2) is 8.24. The summed E-state index contributed by atoms with van der Waals surface area (Å²) in [6, 6.07) is 5.29. The molecule has 0 aliphatic carbocycles. The van der Waals surface area contributed by atoms with E-state index in [0.29, 0.717) is 24.4 Å². The van der Waals surface area contributed by atoms with E-state index >= 15 is 0 Å². The van der Waals surface area contributed by atoms with E-state index in [1.54, 1.807) is 0 Å². The van der Waals surface area contributed by atoms with E-state index < -0.39 is 0 Å². The van der Waals surface area contributed by atoms with Crippen LogP contribution in [0.2, 0.25) is 0 Å². The summed E-state index contributed by atoms with van der Waals surface area (Å²) in [5, 5.41) is 5.40. The molecule has 2 rings (SSSR count). The summed E-state index contributed by atoms with van der Waals surface area (Å²) >= 11 is 0. The summed E-state index contributed by atoms with van der Waals surface area (Å²) in [5.74, 6) is 0.394. The zero-order valence-corrected chi connectivity index (χ0v) is 13.7. The number of amides is 2. The summed E-state index contributed by atoms with van der Waals surface area (Å²) < 4.78 is 18.1. The van der Waals surface area contributed by atoms with Crippen molar-refractivity contribution in [3.63, 3.8) is 0 Å². The maximum atomic E-state index is 12.8. The third kappa shape index (κ3) is 5.19. The van der Waals surface area contributed by atoms with Crippen LogP contribution in [0.1, 0.15) is 40.5 Å². The monoisotopic (exact) mass is 333 g/mol. The van der Waals surface area contributed by atoms with Crippen LogP contribution in [-0.2, 0) is 11.3 Å². The lowest BCUT2D eigenvalue weighted by atomic mass is 10.2. The van der Waals surface area contributed by atoms with Crippen molar-refractivity contribution in [3.05, 3.63) is 53.0 Å². The fraction of sp³-hybridized carbons (Fsp3) is 0.353. The number of hydrogen-bond acceptors (Lipinski definition) is 4. The Labute approximate surface area is 139 Å². The number of benzene rings is 1. The average Bonchev–Trinajstić information content (AvgIpc) is 2.88. The van der Waals surface area contributed by atoms with Crippen molar-refractivity contribution in [2.45, 2.75) is 33.2 Å². The lowest BCUT2D eigenvalue weighted by Gasteiger charge is -2.05. The van der Waals surface area contributed by atoms with Gasteiger partial charge in [0.05, 0.1) is 12.2 Å². The minimum atomic E-state index is -0.389. The second-order valence-corrected chi connectivity index (χ2v) is 5.39. The van der Waals surface area contributed by atoms with Gasteiger partial charge in [0.15, 0.2) is 0 Å². The smallest absolute Gasteiger partial charge is 0.251 e. The topological polar surface area (TPSA) is 84.2 Å². The van der Waals surface area contributed by atoms with Gasteiger partial charge < -0.3 is 15.1 Å². The Bertz CT molecular complexity index is 691. The Morgan fingerprint density at radius 3 is 2.50 bits per heavy atom. The van der Waals surface area contributed by atoms with Crippen LogP contribution < -0.4 is 10.6 Å². The highest BCUT2D eigenvalue weighted by molar-refractivity contribution is 5.94. The van der Waals surface area contributed by atoms with Crippen molar-refractivity contribution >= 4 is 11.8 Å². The average molecular weight is 333 g/mol. The third-order valence-electron chi connectivity index (χ3n) is 3.48. The van der Waals surface area contributed by atoms with Gasteiger partial charge in [0.1, 0.15) is 11.6 Å². The molecular formula is C17H20FN3O3. The van der Waals surface area contributed by atoms with Crippen LogP contribution in [-0.4, -0.2) is 23.3 Å². The fourth-order valence-corrected chi connectivity index (χ4v) is 2.03. The first-order chi connectivity index (χ1) is 11.5. The minimum Gasteiger partial charge on any atom is -0.444 e. The molecule has 0 atom stereocenters. The Morgan fingerprint density at radius 2 is 1.88 bits per heavy atom. The summed E-state index contributed by atoms with van der Waals surface area (Å²) in [5.41, 5.74) is 1.19. The summed E-state index contributed by atoms with van der Waals surface area (Å²) in [6.45, 7) is 4.27. The predicted octanol–water partition coefficient (Wildman–Crippen LogP) is 2.26. The lowest BCUT2D eigenvalue weighted by molar-refractivity contribution is -0.121. The van der Waals surface area contributed by atoms with Gasteiger partial charge in [0.2, 0.25) is 11.8 Å². The van der Waals surface area contributed by atoms with Crippen LogP contribution in [0.4, 0.5) is 4.39 Å². The SMILES string of the molecule is Cc1nc(CNC(=O)CCCNC(=O)c2ccc(F)cc2)oc1C. The number of hydrogen-bond donors (Lipinski definition) is 2. The van der Waals surface area contributed by atoms with Gasteiger partial charge in [0.25, 0.3) is 5.91 Å². The van der Waals surface area contributed by atoms with Crippen LogP contribution in [0.5, 0.6) is 0 Å². The molecule has 0 spiro atoms. The standard InChI is InChI=1S/C17H20FN3O3/c1-11-12(2)24-16(21-11)10-20-15(22)4-3-9-19-17(23)13-5-7-14(18)8-6-13/h5-8H,3-4,9-10H2,1-2H3,(H,19,23)(H,20,22). The highest BCUT2D eigenvalue weighted by Gasteiger charge is 2.08. The summed E-state index contributed by atoms with van der Waals surface area (Å²) in [6.07, 6.45) is 0.783. The van der Waals surface area contributed by atoms with E-state index in [9.17, 15) is 14.0 Å². The Balaban J connectivity index is 1.63. The second-order valence-electron chi connectivity index (χ2n) is 5.39. The third-order valence-corrected chi connectivity index (χ3v) is 3.48. The number of oxazole rings is 1. The van der Waals surface area contributed by atoms with Gasteiger partial charge >= 0.3 is 0 Å². The first kappa shape index (κ1) is 17.7. The van der Waals surface area contributed by atoms with Crippen molar-refractivity contribution in [1.29, 1.82) is 0 Å². The number of nitrogens with zero attached hydrogens (tertiary/aromatic N) is 1. The van der Waals surface area contributed by atoms with Crippen LogP contribution in [0.15, 0.2) is 28.7 Å². The molecule has 0 saturated heterocycles. The Morgan fingerprint density at radius 1 is 1.17 bits per heavy atom. The fourth-order valence-electron chi connectivity index (χ4n) is 2.03. The predicted molar refractivity (Wildman–Crippen MR) is 85.8 cm³/mol. The van der Waals surface area contributed by atoms with Gasteiger partial charge in [-0.1, -0.05) is 0 Å². The number of aryl methyl sites for hydroxylation is 2. The van der Waals surface area contributed by atoms with Crippen molar-refractivity contribution in [1.82, 2.24) is 15.6 Å². The van der Waals surface area contributed by atoms with Crippen LogP contribution in [0.25, 0.3) is 0 Å². The summed E-state index contributed by atoms with van der Waals surface area (Å²) in [4.78, 5) is 27.7. The van der Waals surface area contributed by atoms with Gasteiger partial charge in [-0.15, -0.1) is 0 Å². The number of rotatable bonds is 7. The molecule has 0 aliphatic rings. The molecule has 1 heterocycles. The molecule has 0 fully saturated rings. The molecule has 0 radical (unpaired) electrons. The lowest BCUT2D eigenvalue weighted by Crippen LogP contribution is -2.27. The zero-order valence-electron chi connectivity index (χ0n) is 13.7. The summed E-state index contributed by atoms with van der Waals surface area (Å²) in [7, 11) is 0. The molecule has 128 valence electrons. The van der Waals surface area contributed by atoms with Crippen LogP contribution in [0, 0.1) is 19.7 Å². The molecule has 7 heteroatoms. The van der Waals surface area contributed by atoms with Gasteiger partial charge in [-0.2, -0.15) is 0 Å². The quantitative estimate of drug-likeness (QED) is 0.761. The van der Waals surface area contributed by atoms with Crippen molar-refractivity contribution in [2.24, 2.45) is 0 Å². The van der Waals surface area contributed by atoms with Crippen molar-refractivity contribution in [3.8, 4) is 0 Å². The number of aromatic nitrogens is 1. The molecule has 1 aromatic heterocycles. The van der Waals surface area contributed by atoms with Gasteiger partial charge in [0, 0.05) is 18.5 Å². The molecule has 24 heavy (non-hydrogen) atoms. The highest BCUT2D eigenvalue weighted by Crippen LogP contribution is 2.07. The molecule has 2 aromatic rings. The number of carbonyl (C=O) groups is 2. The zero-order chi connectivity index (χ0) is 17.5. The maximum Gasteiger partial charge on any atom is 0.251 e. The van der Waals surface area contributed by atoms with E-state index in [1.165, 1.54) is 24.3 Å². The van der Waals surface area contributed by atoms with Crippen LogP contribution in [0.3, 0.4) is 0 Å². The molecule has 0 saturated carbocycles. The first-order valence-electron chi connectivity index (χ1n) is 7.69. The first-order valence-corrected chi connectivity index (χ1v) is 7.69. The number of halogens is 1. The highest BCUT2D eigenvalue weighted by atomic mass is 19.1. The van der Waals surface area contributed by atoms with E-state index in [0.717, 1.165) is 11.5 Å². The van der Waals surface area contributed by atoms with Crippen molar-refractivity contribution < 1.29 is 18.4 Å². The van der Waals surface area contributed by atoms with E-state index in [2.05, 4.69) is 15.6 Å². The molecule has 0 bridgehead atoms. The van der Waals surface area contributed by atoms with E-state index in [1.807, 2.05) is 13.8 Å². The molecule has 2 N–H and O–H groups in total. The van der Waals surface area contributed by atoms with Crippen molar-refractivity contribution in [2.75, 3.05) is 6.54 Å². The molecule has 6 nitrogen and oxygen atoms in total. The Kier molecular flexibility index (Phi) is 6.06.